The monoisotopic (exact) mass is 100 g/mol. The van der Waals surface area contributed by atoms with Gasteiger partial charge >= 0.3 is 0 Å². The lowest BCUT2D eigenvalue weighted by Crippen LogP contribution is -1.85. The molecule has 0 heterocycles. The lowest BCUT2D eigenvalue weighted by atomic mass is 10.3. The minimum absolute atomic E-state index is 0.415. The number of hydrogen-bond acceptors (Lipinski definition) is 1. The van der Waals surface area contributed by atoms with Crippen molar-refractivity contribution in [1.82, 2.24) is 0 Å². The molecule has 7 heavy (non-hydrogen) atoms. The second kappa shape index (κ2) is 1.83. The third kappa shape index (κ3) is 0.942. The summed E-state index contributed by atoms with van der Waals surface area (Å²) in [5, 5.41) is 8.51. The smallest absolute Gasteiger partial charge is 0.0462 e. The van der Waals surface area contributed by atoms with E-state index in [0.717, 1.165) is 5.92 Å². The van der Waals surface area contributed by atoms with Crippen LogP contribution in [0.3, 0.4) is 0 Å². The molecule has 0 saturated heterocycles. The van der Waals surface area contributed by atoms with Crippen LogP contribution in [0.1, 0.15) is 19.8 Å². The standard InChI is InChI=1S/C6H12O/c1-2-5-3-6(5)4-7/h5-7H,2-4H2,1H3. The van der Waals surface area contributed by atoms with E-state index in [1.54, 1.807) is 0 Å². The Morgan fingerprint density at radius 2 is 2.29 bits per heavy atom. The Kier molecular flexibility index (Phi) is 1.33. The Hall–Kier alpha value is -0.0400. The van der Waals surface area contributed by atoms with E-state index in [-0.39, 0.29) is 0 Å². The Morgan fingerprint density at radius 1 is 1.57 bits per heavy atom. The minimum atomic E-state index is 0.415. The summed E-state index contributed by atoms with van der Waals surface area (Å²) in [6, 6.07) is 0. The van der Waals surface area contributed by atoms with E-state index >= 15 is 0 Å². The fraction of sp³-hybridized carbons (Fsp3) is 1.00. The van der Waals surface area contributed by atoms with E-state index in [9.17, 15) is 0 Å². The maximum atomic E-state index is 8.51. The van der Waals surface area contributed by atoms with Crippen molar-refractivity contribution in [3.63, 3.8) is 0 Å². The van der Waals surface area contributed by atoms with Crippen LogP contribution in [0.4, 0.5) is 0 Å². The molecule has 1 aliphatic carbocycles. The van der Waals surface area contributed by atoms with Crippen molar-refractivity contribution < 1.29 is 5.11 Å². The van der Waals surface area contributed by atoms with Crippen molar-refractivity contribution in [2.75, 3.05) is 6.61 Å². The molecule has 0 spiro atoms. The molecule has 1 rings (SSSR count). The van der Waals surface area contributed by atoms with E-state index < -0.39 is 0 Å². The molecular weight excluding hydrogens is 88.1 g/mol. The van der Waals surface area contributed by atoms with Gasteiger partial charge in [0.05, 0.1) is 0 Å². The van der Waals surface area contributed by atoms with Gasteiger partial charge in [-0.05, 0) is 18.3 Å². The average molecular weight is 100 g/mol. The molecule has 0 aliphatic heterocycles. The molecule has 2 unspecified atom stereocenters. The molecule has 0 amide bonds. The van der Waals surface area contributed by atoms with Crippen LogP contribution in [0, 0.1) is 11.8 Å². The molecule has 1 saturated carbocycles. The molecule has 1 nitrogen and oxygen atoms in total. The van der Waals surface area contributed by atoms with Gasteiger partial charge in [0.15, 0.2) is 0 Å². The zero-order chi connectivity index (χ0) is 5.28. The van der Waals surface area contributed by atoms with Gasteiger partial charge in [-0.2, -0.15) is 0 Å². The normalized spacial score (nSPS) is 38.6. The van der Waals surface area contributed by atoms with Crippen LogP contribution in [0.5, 0.6) is 0 Å². The van der Waals surface area contributed by atoms with E-state index in [1.807, 2.05) is 0 Å². The molecule has 1 N–H and O–H groups in total. The molecule has 0 aromatic heterocycles. The van der Waals surface area contributed by atoms with Crippen LogP contribution in [0.2, 0.25) is 0 Å². The van der Waals surface area contributed by atoms with Crippen LogP contribution in [-0.4, -0.2) is 11.7 Å². The third-order valence-electron chi connectivity index (χ3n) is 1.83. The molecule has 2 atom stereocenters. The lowest BCUT2D eigenvalue weighted by Gasteiger charge is -1.85. The van der Waals surface area contributed by atoms with E-state index in [4.69, 9.17) is 5.11 Å². The number of aliphatic hydroxyl groups is 1. The highest BCUT2D eigenvalue weighted by Crippen LogP contribution is 2.39. The van der Waals surface area contributed by atoms with Gasteiger partial charge in [-0.3, -0.25) is 0 Å². The summed E-state index contributed by atoms with van der Waals surface area (Å²) in [4.78, 5) is 0. The maximum Gasteiger partial charge on any atom is 0.0462 e. The second-order valence-corrected chi connectivity index (χ2v) is 2.35. The second-order valence-electron chi connectivity index (χ2n) is 2.35. The van der Waals surface area contributed by atoms with Crippen molar-refractivity contribution in [3.05, 3.63) is 0 Å². The fourth-order valence-electron chi connectivity index (χ4n) is 1.03. The van der Waals surface area contributed by atoms with Crippen molar-refractivity contribution in [1.29, 1.82) is 0 Å². The SMILES string of the molecule is CCC1CC1CO. The fourth-order valence-corrected chi connectivity index (χ4v) is 1.03. The highest BCUT2D eigenvalue weighted by Gasteiger charge is 2.33. The molecule has 1 fully saturated rings. The van der Waals surface area contributed by atoms with Crippen molar-refractivity contribution in [2.24, 2.45) is 11.8 Å². The molecule has 0 aromatic carbocycles. The summed E-state index contributed by atoms with van der Waals surface area (Å²) in [5.74, 6) is 1.54. The van der Waals surface area contributed by atoms with Gasteiger partial charge in [-0.1, -0.05) is 13.3 Å². The van der Waals surface area contributed by atoms with Gasteiger partial charge in [0.1, 0.15) is 0 Å². The first-order valence-corrected chi connectivity index (χ1v) is 2.99. The summed E-state index contributed by atoms with van der Waals surface area (Å²) >= 11 is 0. The van der Waals surface area contributed by atoms with Crippen molar-refractivity contribution in [2.45, 2.75) is 19.8 Å². The summed E-state index contributed by atoms with van der Waals surface area (Å²) in [6.45, 7) is 2.60. The van der Waals surface area contributed by atoms with Crippen molar-refractivity contribution in [3.8, 4) is 0 Å². The average Bonchev–Trinajstić information content (AvgIpc) is 2.43. The van der Waals surface area contributed by atoms with Gasteiger partial charge in [-0.25, -0.2) is 0 Å². The molecular formula is C6H12O. The van der Waals surface area contributed by atoms with Gasteiger partial charge < -0.3 is 5.11 Å². The van der Waals surface area contributed by atoms with Crippen molar-refractivity contribution >= 4 is 0 Å². The van der Waals surface area contributed by atoms with E-state index in [2.05, 4.69) is 6.92 Å². The third-order valence-corrected chi connectivity index (χ3v) is 1.83. The predicted octanol–water partition coefficient (Wildman–Crippen LogP) is 1.02. The Balaban J connectivity index is 2.06. The topological polar surface area (TPSA) is 20.2 Å². The highest BCUT2D eigenvalue weighted by atomic mass is 16.3. The van der Waals surface area contributed by atoms with Gasteiger partial charge in [-0.15, -0.1) is 0 Å². The summed E-state index contributed by atoms with van der Waals surface area (Å²) in [7, 11) is 0. The van der Waals surface area contributed by atoms with E-state index in [1.165, 1.54) is 12.8 Å². The predicted molar refractivity (Wildman–Crippen MR) is 29.0 cm³/mol. The Morgan fingerprint density at radius 3 is 2.43 bits per heavy atom. The summed E-state index contributed by atoms with van der Waals surface area (Å²) in [6.07, 6.45) is 2.53. The Bertz CT molecular complexity index is 53.2. The molecule has 1 heteroatoms. The quantitative estimate of drug-likeness (QED) is 0.549. The molecule has 0 radical (unpaired) electrons. The Labute approximate surface area is 44.4 Å². The minimum Gasteiger partial charge on any atom is -0.396 e. The van der Waals surface area contributed by atoms with Crippen LogP contribution in [-0.2, 0) is 0 Å². The van der Waals surface area contributed by atoms with Crippen LogP contribution < -0.4 is 0 Å². The van der Waals surface area contributed by atoms with Crippen LogP contribution in [0.15, 0.2) is 0 Å². The first-order valence-electron chi connectivity index (χ1n) is 2.99. The molecule has 0 bridgehead atoms. The number of aliphatic hydroxyl groups excluding tert-OH is 1. The first-order chi connectivity index (χ1) is 3.38. The maximum absolute atomic E-state index is 8.51. The zero-order valence-corrected chi connectivity index (χ0v) is 4.72. The van der Waals surface area contributed by atoms with Gasteiger partial charge in [0.2, 0.25) is 0 Å². The van der Waals surface area contributed by atoms with Crippen LogP contribution in [0.25, 0.3) is 0 Å². The summed E-state index contributed by atoms with van der Waals surface area (Å²) < 4.78 is 0. The number of rotatable bonds is 2. The van der Waals surface area contributed by atoms with Gasteiger partial charge in [0, 0.05) is 6.61 Å². The van der Waals surface area contributed by atoms with E-state index in [0.29, 0.717) is 12.5 Å². The lowest BCUT2D eigenvalue weighted by molar-refractivity contribution is 0.268. The highest BCUT2D eigenvalue weighted by molar-refractivity contribution is 4.83. The molecule has 0 aromatic rings. The largest absolute Gasteiger partial charge is 0.396 e. The molecule has 42 valence electrons. The zero-order valence-electron chi connectivity index (χ0n) is 4.72. The van der Waals surface area contributed by atoms with Crippen LogP contribution >= 0.6 is 0 Å². The number of hydrogen-bond donors (Lipinski definition) is 1. The summed E-state index contributed by atoms with van der Waals surface area (Å²) in [5.41, 5.74) is 0. The van der Waals surface area contributed by atoms with Gasteiger partial charge in [0.25, 0.3) is 0 Å². The first kappa shape index (κ1) is 5.10. The molecule has 1 aliphatic rings.